The lowest BCUT2D eigenvalue weighted by Crippen LogP contribution is -2.55. The summed E-state index contributed by atoms with van der Waals surface area (Å²) in [7, 11) is 0. The smallest absolute Gasteiger partial charge is 0.327 e. The lowest BCUT2D eigenvalue weighted by molar-refractivity contribution is -0.252. The van der Waals surface area contributed by atoms with E-state index in [9.17, 15) is 14.4 Å². The SMILES string of the molecule is C[C@@H](CC1(Cc2ccco2)C(=O)OC(C)(C)OC1=O)C(=O)c1ccccc1. The predicted molar refractivity (Wildman–Crippen MR) is 95.7 cm³/mol. The first-order valence-corrected chi connectivity index (χ1v) is 8.82. The van der Waals surface area contributed by atoms with Crippen LogP contribution < -0.4 is 0 Å². The van der Waals surface area contributed by atoms with Gasteiger partial charge in [0.15, 0.2) is 11.2 Å². The van der Waals surface area contributed by atoms with Crippen LogP contribution in [0.25, 0.3) is 0 Å². The first-order chi connectivity index (χ1) is 12.7. The zero-order chi connectivity index (χ0) is 19.7. The van der Waals surface area contributed by atoms with E-state index in [-0.39, 0.29) is 18.6 Å². The molecular weight excluding hydrogens is 348 g/mol. The van der Waals surface area contributed by atoms with Gasteiger partial charge >= 0.3 is 11.9 Å². The van der Waals surface area contributed by atoms with E-state index in [1.165, 1.54) is 20.1 Å². The highest BCUT2D eigenvalue weighted by Gasteiger charge is 2.57. The molecule has 1 fully saturated rings. The summed E-state index contributed by atoms with van der Waals surface area (Å²) in [6.45, 7) is 4.69. The number of ether oxygens (including phenoxy) is 2. The van der Waals surface area contributed by atoms with Gasteiger partial charge in [0.25, 0.3) is 5.79 Å². The van der Waals surface area contributed by atoms with E-state index in [1.54, 1.807) is 43.3 Å². The highest BCUT2D eigenvalue weighted by molar-refractivity contribution is 6.04. The summed E-state index contributed by atoms with van der Waals surface area (Å²) < 4.78 is 16.1. The zero-order valence-corrected chi connectivity index (χ0v) is 15.6. The van der Waals surface area contributed by atoms with E-state index in [0.29, 0.717) is 11.3 Å². The van der Waals surface area contributed by atoms with Crippen LogP contribution in [0.2, 0.25) is 0 Å². The van der Waals surface area contributed by atoms with E-state index >= 15 is 0 Å². The van der Waals surface area contributed by atoms with Crippen molar-refractivity contribution in [3.63, 3.8) is 0 Å². The molecule has 27 heavy (non-hydrogen) atoms. The van der Waals surface area contributed by atoms with E-state index in [0.717, 1.165) is 0 Å². The average molecular weight is 370 g/mol. The lowest BCUT2D eigenvalue weighted by atomic mass is 9.74. The molecule has 0 N–H and O–H groups in total. The number of rotatable bonds is 6. The Bertz CT molecular complexity index is 815. The largest absolute Gasteiger partial charge is 0.469 e. The molecular formula is C21H22O6. The van der Waals surface area contributed by atoms with Crippen LogP contribution in [0.5, 0.6) is 0 Å². The topological polar surface area (TPSA) is 82.8 Å². The van der Waals surface area contributed by atoms with Crippen molar-refractivity contribution in [2.24, 2.45) is 11.3 Å². The Morgan fingerprint density at radius 2 is 1.63 bits per heavy atom. The van der Waals surface area contributed by atoms with Gasteiger partial charge in [-0.3, -0.25) is 14.4 Å². The average Bonchev–Trinajstić information content (AvgIpc) is 3.12. The third kappa shape index (κ3) is 3.79. The van der Waals surface area contributed by atoms with Crippen LogP contribution in [0, 0.1) is 11.3 Å². The van der Waals surface area contributed by atoms with Crippen molar-refractivity contribution < 1.29 is 28.3 Å². The maximum Gasteiger partial charge on any atom is 0.327 e. The molecule has 3 rings (SSSR count). The van der Waals surface area contributed by atoms with Crippen molar-refractivity contribution in [1.29, 1.82) is 0 Å². The molecule has 0 bridgehead atoms. The minimum absolute atomic E-state index is 0.0276. The van der Waals surface area contributed by atoms with Crippen LogP contribution in [-0.2, 0) is 25.5 Å². The van der Waals surface area contributed by atoms with Crippen LogP contribution in [-0.4, -0.2) is 23.5 Å². The minimum atomic E-state index is -1.63. The van der Waals surface area contributed by atoms with Gasteiger partial charge in [0.1, 0.15) is 5.76 Å². The molecule has 1 saturated heterocycles. The quantitative estimate of drug-likeness (QED) is 0.439. The summed E-state index contributed by atoms with van der Waals surface area (Å²) in [6, 6.07) is 12.1. The van der Waals surface area contributed by atoms with Gasteiger partial charge in [-0.25, -0.2) is 0 Å². The van der Waals surface area contributed by atoms with Gasteiger partial charge in [-0.2, -0.15) is 0 Å². The van der Waals surface area contributed by atoms with Crippen molar-refractivity contribution in [1.82, 2.24) is 0 Å². The molecule has 2 heterocycles. The highest BCUT2D eigenvalue weighted by atomic mass is 16.7. The first-order valence-electron chi connectivity index (χ1n) is 8.82. The molecule has 0 saturated carbocycles. The molecule has 6 heteroatoms. The number of hydrogen-bond donors (Lipinski definition) is 0. The highest BCUT2D eigenvalue weighted by Crippen LogP contribution is 2.41. The van der Waals surface area contributed by atoms with Gasteiger partial charge in [-0.15, -0.1) is 0 Å². The molecule has 0 amide bonds. The number of carbonyl (C=O) groups excluding carboxylic acids is 3. The fourth-order valence-corrected chi connectivity index (χ4v) is 3.34. The van der Waals surface area contributed by atoms with E-state index < -0.39 is 29.1 Å². The Morgan fingerprint density at radius 3 is 2.19 bits per heavy atom. The standard InChI is InChI=1S/C21H22O6/c1-14(17(22)15-8-5-4-6-9-15)12-21(13-16-10-7-11-25-16)18(23)26-20(2,3)27-19(21)24/h4-11,14H,12-13H2,1-3H3/t14-/m0/s1. The van der Waals surface area contributed by atoms with Gasteiger partial charge in [0, 0.05) is 31.7 Å². The van der Waals surface area contributed by atoms with Crippen LogP contribution in [0.15, 0.2) is 53.1 Å². The van der Waals surface area contributed by atoms with Crippen LogP contribution in [0.4, 0.5) is 0 Å². The first kappa shape index (κ1) is 18.9. The normalized spacial score (nSPS) is 19.1. The van der Waals surface area contributed by atoms with Gasteiger partial charge in [-0.1, -0.05) is 37.3 Å². The monoisotopic (exact) mass is 370 g/mol. The van der Waals surface area contributed by atoms with Gasteiger partial charge in [0.2, 0.25) is 0 Å². The Hall–Kier alpha value is -2.89. The van der Waals surface area contributed by atoms with E-state index in [1.807, 2.05) is 6.07 Å². The van der Waals surface area contributed by atoms with Crippen LogP contribution in [0.3, 0.4) is 0 Å². The predicted octanol–water partition coefficient (Wildman–Crippen LogP) is 3.55. The Balaban J connectivity index is 1.92. The number of carbonyl (C=O) groups is 3. The molecule has 0 unspecified atom stereocenters. The fraction of sp³-hybridized carbons (Fsp3) is 0.381. The summed E-state index contributed by atoms with van der Waals surface area (Å²) in [5.74, 6) is -3.04. The molecule has 1 aliphatic rings. The summed E-state index contributed by atoms with van der Waals surface area (Å²) >= 11 is 0. The second-order valence-electron chi connectivity index (χ2n) is 7.35. The molecule has 1 aliphatic heterocycles. The zero-order valence-electron chi connectivity index (χ0n) is 15.6. The molecule has 0 spiro atoms. The van der Waals surface area contributed by atoms with E-state index in [2.05, 4.69) is 0 Å². The van der Waals surface area contributed by atoms with Crippen LogP contribution in [0.1, 0.15) is 43.3 Å². The second-order valence-corrected chi connectivity index (χ2v) is 7.35. The number of furan rings is 1. The maximum absolute atomic E-state index is 12.9. The Labute approximate surface area is 157 Å². The molecule has 142 valence electrons. The molecule has 1 aromatic carbocycles. The van der Waals surface area contributed by atoms with Crippen LogP contribution >= 0.6 is 0 Å². The Morgan fingerprint density at radius 1 is 1.00 bits per heavy atom. The van der Waals surface area contributed by atoms with E-state index in [4.69, 9.17) is 13.9 Å². The number of Topliss-reactive ketones (excluding diaryl/α,β-unsaturated/α-hetero) is 1. The summed E-state index contributed by atoms with van der Waals surface area (Å²) in [5, 5.41) is 0. The van der Waals surface area contributed by atoms with Crippen molar-refractivity contribution in [2.45, 2.75) is 39.4 Å². The lowest BCUT2D eigenvalue weighted by Gasteiger charge is -2.40. The molecule has 2 aromatic rings. The van der Waals surface area contributed by atoms with Crippen molar-refractivity contribution in [2.75, 3.05) is 0 Å². The third-order valence-electron chi connectivity index (χ3n) is 4.68. The number of hydrogen-bond acceptors (Lipinski definition) is 6. The molecule has 0 radical (unpaired) electrons. The van der Waals surface area contributed by atoms with Crippen molar-refractivity contribution in [3.8, 4) is 0 Å². The Kier molecular flexibility index (Phi) is 4.91. The molecule has 6 nitrogen and oxygen atoms in total. The van der Waals surface area contributed by atoms with Crippen molar-refractivity contribution >= 4 is 17.7 Å². The third-order valence-corrected chi connectivity index (χ3v) is 4.68. The van der Waals surface area contributed by atoms with Gasteiger partial charge < -0.3 is 13.9 Å². The van der Waals surface area contributed by atoms with Gasteiger partial charge in [0.05, 0.1) is 6.26 Å². The van der Waals surface area contributed by atoms with Crippen molar-refractivity contribution in [3.05, 3.63) is 60.1 Å². The minimum Gasteiger partial charge on any atom is -0.469 e. The number of esters is 2. The molecule has 1 aromatic heterocycles. The number of cyclic esters (lactones) is 2. The second kappa shape index (κ2) is 7.02. The number of benzene rings is 1. The molecule has 0 aliphatic carbocycles. The number of ketones is 1. The summed E-state index contributed by atoms with van der Waals surface area (Å²) in [5.41, 5.74) is -1.10. The summed E-state index contributed by atoms with van der Waals surface area (Å²) in [4.78, 5) is 38.6. The summed E-state index contributed by atoms with van der Waals surface area (Å²) in [6.07, 6.45) is 1.40. The maximum atomic E-state index is 12.9. The van der Waals surface area contributed by atoms with Gasteiger partial charge in [-0.05, 0) is 18.6 Å². The fourth-order valence-electron chi connectivity index (χ4n) is 3.34. The molecule has 1 atom stereocenters.